The number of carbonyl (C=O) groups excluding carboxylic acids is 1. The first kappa shape index (κ1) is 14.1. The molecule has 0 spiro atoms. The van der Waals surface area contributed by atoms with E-state index in [1.807, 2.05) is 0 Å². The minimum Gasteiger partial charge on any atom is -0.481 e. The number of carbonyl (C=O) groups is 2. The fourth-order valence-corrected chi connectivity index (χ4v) is 3.11. The summed E-state index contributed by atoms with van der Waals surface area (Å²) in [5, 5.41) is 21.1. The third kappa shape index (κ3) is 3.59. The van der Waals surface area contributed by atoms with Crippen LogP contribution in [0.25, 0.3) is 0 Å². The highest BCUT2D eigenvalue weighted by molar-refractivity contribution is 5.74. The fraction of sp³-hybridized carbons (Fsp3) is 0.846. The molecule has 2 amide bonds. The zero-order valence-corrected chi connectivity index (χ0v) is 11.0. The highest BCUT2D eigenvalue weighted by atomic mass is 16.4. The Hall–Kier alpha value is -1.30. The number of carboxylic acid groups (broad SMARTS) is 1. The molecule has 2 rings (SSSR count). The molecule has 3 N–H and O–H groups in total. The van der Waals surface area contributed by atoms with Gasteiger partial charge in [0.25, 0.3) is 0 Å². The van der Waals surface area contributed by atoms with Gasteiger partial charge in [0.15, 0.2) is 0 Å². The van der Waals surface area contributed by atoms with E-state index in [0.717, 1.165) is 19.4 Å². The quantitative estimate of drug-likeness (QED) is 0.640. The molecule has 1 aliphatic carbocycles. The van der Waals surface area contributed by atoms with E-state index in [1.54, 1.807) is 4.90 Å². The maximum Gasteiger partial charge on any atom is 0.317 e. The summed E-state index contributed by atoms with van der Waals surface area (Å²) in [6, 6.07) is -0.0862. The number of amides is 2. The number of urea groups is 1. The van der Waals surface area contributed by atoms with Gasteiger partial charge in [0.1, 0.15) is 0 Å². The molecule has 1 saturated heterocycles. The average Bonchev–Trinajstić information content (AvgIpc) is 2.91. The van der Waals surface area contributed by atoms with E-state index in [2.05, 4.69) is 5.32 Å². The number of hydrogen-bond donors (Lipinski definition) is 3. The van der Waals surface area contributed by atoms with Crippen LogP contribution >= 0.6 is 0 Å². The fourth-order valence-electron chi connectivity index (χ4n) is 3.11. The third-order valence-corrected chi connectivity index (χ3v) is 4.20. The summed E-state index contributed by atoms with van der Waals surface area (Å²) >= 11 is 0. The predicted octanol–water partition coefficient (Wildman–Crippen LogP) is 0.654. The number of nitrogens with one attached hydrogen (secondary N) is 1. The first-order chi connectivity index (χ1) is 9.08. The number of fused-ring (bicyclic) bond motifs is 1. The van der Waals surface area contributed by atoms with Crippen LogP contribution in [0.1, 0.15) is 32.1 Å². The molecule has 1 heterocycles. The van der Waals surface area contributed by atoms with Gasteiger partial charge in [-0.2, -0.15) is 0 Å². The number of hydrogen-bond acceptors (Lipinski definition) is 3. The highest BCUT2D eigenvalue weighted by Gasteiger charge is 2.43. The Labute approximate surface area is 112 Å². The molecule has 1 saturated carbocycles. The molecule has 2 aliphatic rings. The van der Waals surface area contributed by atoms with E-state index in [4.69, 9.17) is 5.11 Å². The highest BCUT2D eigenvalue weighted by Crippen LogP contribution is 2.37. The number of carboxylic acids is 1. The molecule has 1 aliphatic heterocycles. The minimum atomic E-state index is -0.798. The van der Waals surface area contributed by atoms with Crippen molar-refractivity contribution in [1.29, 1.82) is 0 Å². The van der Waals surface area contributed by atoms with Crippen LogP contribution < -0.4 is 5.32 Å². The topological polar surface area (TPSA) is 89.9 Å². The Morgan fingerprint density at radius 1 is 1.21 bits per heavy atom. The number of unbranched alkanes of at least 4 members (excludes halogenated alkanes) is 1. The first-order valence-corrected chi connectivity index (χ1v) is 7.00. The summed E-state index contributed by atoms with van der Waals surface area (Å²) in [7, 11) is 0. The molecule has 0 radical (unpaired) electrons. The summed E-state index contributed by atoms with van der Waals surface area (Å²) < 4.78 is 0. The molecular formula is C13H22N2O4. The Kier molecular flexibility index (Phi) is 4.63. The Bertz CT molecular complexity index is 348. The molecule has 0 aromatic carbocycles. The van der Waals surface area contributed by atoms with Gasteiger partial charge in [0.05, 0.1) is 6.10 Å². The maximum absolute atomic E-state index is 11.9. The van der Waals surface area contributed by atoms with Crippen molar-refractivity contribution in [3.8, 4) is 0 Å². The lowest BCUT2D eigenvalue weighted by Gasteiger charge is -2.19. The van der Waals surface area contributed by atoms with Crippen molar-refractivity contribution in [1.82, 2.24) is 10.2 Å². The van der Waals surface area contributed by atoms with E-state index in [1.165, 1.54) is 0 Å². The summed E-state index contributed by atoms with van der Waals surface area (Å²) in [5.41, 5.74) is 0. The average molecular weight is 270 g/mol. The van der Waals surface area contributed by atoms with Crippen LogP contribution in [0.4, 0.5) is 4.79 Å². The standard InChI is InChI=1S/C13H22N2O4/c16-11-5-4-9-7-15(8-10(9)11)13(19)14-6-2-1-3-12(17)18/h9-11,16H,1-8H2,(H,14,19)(H,17,18). The Morgan fingerprint density at radius 3 is 2.68 bits per heavy atom. The van der Waals surface area contributed by atoms with Crippen LogP contribution in [-0.2, 0) is 4.79 Å². The molecule has 6 nitrogen and oxygen atoms in total. The van der Waals surface area contributed by atoms with Crippen molar-refractivity contribution in [2.24, 2.45) is 11.8 Å². The van der Waals surface area contributed by atoms with Crippen molar-refractivity contribution < 1.29 is 19.8 Å². The molecule has 0 aromatic heterocycles. The zero-order chi connectivity index (χ0) is 13.8. The molecule has 3 atom stereocenters. The van der Waals surface area contributed by atoms with E-state index in [0.29, 0.717) is 31.8 Å². The van der Waals surface area contributed by atoms with Crippen molar-refractivity contribution in [3.05, 3.63) is 0 Å². The summed E-state index contributed by atoms with van der Waals surface area (Å²) in [4.78, 5) is 24.0. The molecule has 0 bridgehead atoms. The lowest BCUT2D eigenvalue weighted by atomic mass is 10.00. The second-order valence-corrected chi connectivity index (χ2v) is 5.56. The van der Waals surface area contributed by atoms with Crippen LogP contribution in [0.5, 0.6) is 0 Å². The normalized spacial score (nSPS) is 29.3. The van der Waals surface area contributed by atoms with Gasteiger partial charge in [-0.15, -0.1) is 0 Å². The van der Waals surface area contributed by atoms with Gasteiger partial charge in [-0.25, -0.2) is 4.79 Å². The Morgan fingerprint density at radius 2 is 2.00 bits per heavy atom. The number of aliphatic hydroxyl groups excluding tert-OH is 1. The monoisotopic (exact) mass is 270 g/mol. The summed E-state index contributed by atoms with van der Waals surface area (Å²) in [6.45, 7) is 1.90. The van der Waals surface area contributed by atoms with E-state index >= 15 is 0 Å². The van der Waals surface area contributed by atoms with Crippen LogP contribution in [0.15, 0.2) is 0 Å². The number of nitrogens with zero attached hydrogens (tertiary/aromatic N) is 1. The first-order valence-electron chi connectivity index (χ1n) is 7.00. The van der Waals surface area contributed by atoms with Gasteiger partial charge in [0.2, 0.25) is 0 Å². The molecule has 6 heteroatoms. The van der Waals surface area contributed by atoms with E-state index in [-0.39, 0.29) is 24.5 Å². The summed E-state index contributed by atoms with van der Waals surface area (Å²) in [6.07, 6.45) is 3.03. The molecule has 108 valence electrons. The van der Waals surface area contributed by atoms with Crippen molar-refractivity contribution in [3.63, 3.8) is 0 Å². The lowest BCUT2D eigenvalue weighted by Crippen LogP contribution is -2.40. The molecule has 0 aromatic rings. The van der Waals surface area contributed by atoms with Gasteiger partial charge >= 0.3 is 12.0 Å². The van der Waals surface area contributed by atoms with Crippen molar-refractivity contribution in [2.45, 2.75) is 38.2 Å². The van der Waals surface area contributed by atoms with E-state index < -0.39 is 5.97 Å². The minimum absolute atomic E-state index is 0.0862. The predicted molar refractivity (Wildman–Crippen MR) is 68.7 cm³/mol. The van der Waals surface area contributed by atoms with Crippen LogP contribution in [0.2, 0.25) is 0 Å². The zero-order valence-electron chi connectivity index (χ0n) is 11.0. The lowest BCUT2D eigenvalue weighted by molar-refractivity contribution is -0.137. The van der Waals surface area contributed by atoms with E-state index in [9.17, 15) is 14.7 Å². The SMILES string of the molecule is O=C(O)CCCCNC(=O)N1CC2CCC(O)C2C1. The number of aliphatic carboxylic acids is 1. The molecular weight excluding hydrogens is 248 g/mol. The molecule has 2 fully saturated rings. The van der Waals surface area contributed by atoms with Gasteiger partial charge in [-0.05, 0) is 31.6 Å². The van der Waals surface area contributed by atoms with Crippen LogP contribution in [0.3, 0.4) is 0 Å². The Balaban J connectivity index is 1.63. The van der Waals surface area contributed by atoms with Gasteiger partial charge in [-0.1, -0.05) is 0 Å². The smallest absolute Gasteiger partial charge is 0.317 e. The van der Waals surface area contributed by atoms with Gasteiger partial charge in [-0.3, -0.25) is 4.79 Å². The third-order valence-electron chi connectivity index (χ3n) is 4.20. The van der Waals surface area contributed by atoms with Crippen molar-refractivity contribution in [2.75, 3.05) is 19.6 Å². The summed E-state index contributed by atoms with van der Waals surface area (Å²) in [5.74, 6) is -0.0989. The maximum atomic E-state index is 11.9. The van der Waals surface area contributed by atoms with Gasteiger partial charge < -0.3 is 20.4 Å². The number of rotatable bonds is 5. The second kappa shape index (κ2) is 6.23. The number of likely N-dealkylation sites (tertiary alicyclic amines) is 1. The van der Waals surface area contributed by atoms with Crippen molar-refractivity contribution >= 4 is 12.0 Å². The molecule has 19 heavy (non-hydrogen) atoms. The van der Waals surface area contributed by atoms with Crippen LogP contribution in [0, 0.1) is 11.8 Å². The van der Waals surface area contributed by atoms with Crippen LogP contribution in [-0.4, -0.2) is 52.9 Å². The second-order valence-electron chi connectivity index (χ2n) is 5.56. The largest absolute Gasteiger partial charge is 0.481 e. The molecule has 3 unspecified atom stereocenters. The number of aliphatic hydroxyl groups is 1. The van der Waals surface area contributed by atoms with Gasteiger partial charge in [0, 0.05) is 32.0 Å².